The van der Waals surface area contributed by atoms with Gasteiger partial charge in [0.1, 0.15) is 11.0 Å². The first kappa shape index (κ1) is 20.6. The molecular weight excluding hydrogens is 380 g/mol. The molecule has 1 heterocycles. The largest absolute Gasteiger partial charge is 0.317 e. The van der Waals surface area contributed by atoms with Crippen molar-refractivity contribution >= 4 is 15.9 Å². The maximum absolute atomic E-state index is 12.9. The number of rotatable bonds is 5. The van der Waals surface area contributed by atoms with E-state index in [2.05, 4.69) is 31.4 Å². The van der Waals surface area contributed by atoms with Crippen molar-refractivity contribution in [1.82, 2.24) is 4.57 Å². The second kappa shape index (κ2) is 8.10. The number of aromatic nitrogens is 1. The van der Waals surface area contributed by atoms with Gasteiger partial charge in [-0.05, 0) is 61.2 Å². The van der Waals surface area contributed by atoms with Gasteiger partial charge in [-0.2, -0.15) is 5.26 Å². The summed E-state index contributed by atoms with van der Waals surface area (Å²) in [7, 11) is -3.87. The number of hydrogen-bond acceptors (Lipinski definition) is 3. The first-order valence-electron chi connectivity index (χ1n) is 9.47. The number of nitriles is 1. The van der Waals surface area contributed by atoms with Gasteiger partial charge in [0.05, 0.1) is 4.90 Å². The van der Waals surface area contributed by atoms with Crippen LogP contribution in [0, 0.1) is 25.2 Å². The molecule has 5 heteroatoms. The van der Waals surface area contributed by atoms with Crippen molar-refractivity contribution in [3.8, 4) is 11.8 Å². The summed E-state index contributed by atoms with van der Waals surface area (Å²) < 4.78 is 28.0. The van der Waals surface area contributed by atoms with Crippen LogP contribution >= 0.6 is 0 Å². The fourth-order valence-corrected chi connectivity index (χ4v) is 4.57. The molecule has 0 N–H and O–H groups in total. The van der Waals surface area contributed by atoms with Crippen molar-refractivity contribution in [3.63, 3.8) is 0 Å². The number of allylic oxidation sites excluding steroid dienone is 1. The molecule has 3 aromatic rings. The van der Waals surface area contributed by atoms with Gasteiger partial charge in [-0.3, -0.25) is 0 Å². The van der Waals surface area contributed by atoms with Crippen LogP contribution in [0.15, 0.2) is 70.5 Å². The maximum Gasteiger partial charge on any atom is 0.216 e. The Morgan fingerprint density at radius 3 is 2.24 bits per heavy atom. The Labute approximate surface area is 172 Å². The molecule has 0 aliphatic heterocycles. The summed E-state index contributed by atoms with van der Waals surface area (Å²) in [5.74, 6) is 0.228. The third kappa shape index (κ3) is 3.90. The average molecular weight is 405 g/mol. The first-order chi connectivity index (χ1) is 13.8. The molecule has 0 unspecified atom stereocenters. The van der Waals surface area contributed by atoms with E-state index in [9.17, 15) is 13.7 Å². The van der Waals surface area contributed by atoms with Gasteiger partial charge >= 0.3 is 0 Å². The van der Waals surface area contributed by atoms with Crippen molar-refractivity contribution in [1.29, 1.82) is 5.26 Å². The van der Waals surface area contributed by atoms with E-state index in [0.717, 1.165) is 28.2 Å². The number of nitrogens with zero attached hydrogens (tertiary/aromatic N) is 2. The zero-order valence-electron chi connectivity index (χ0n) is 17.0. The Morgan fingerprint density at radius 1 is 1.03 bits per heavy atom. The second-order valence-corrected chi connectivity index (χ2v) is 9.24. The van der Waals surface area contributed by atoms with Gasteiger partial charge in [0.15, 0.2) is 0 Å². The maximum atomic E-state index is 12.9. The lowest BCUT2D eigenvalue weighted by Crippen LogP contribution is -2.05. The van der Waals surface area contributed by atoms with Gasteiger partial charge in [0, 0.05) is 17.1 Å². The Morgan fingerprint density at radius 2 is 1.66 bits per heavy atom. The van der Waals surface area contributed by atoms with Gasteiger partial charge < -0.3 is 4.57 Å². The Balaban J connectivity index is 2.21. The van der Waals surface area contributed by atoms with Crippen LogP contribution in [0.4, 0.5) is 0 Å². The lowest BCUT2D eigenvalue weighted by molar-refractivity contribution is 0.603. The number of aryl methyl sites for hydroxylation is 1. The van der Waals surface area contributed by atoms with Crippen LogP contribution < -0.4 is 0 Å². The minimum absolute atomic E-state index is 0.118. The van der Waals surface area contributed by atoms with Crippen LogP contribution in [0.1, 0.15) is 42.3 Å². The van der Waals surface area contributed by atoms with E-state index < -0.39 is 9.84 Å². The molecule has 3 rings (SSSR count). The van der Waals surface area contributed by atoms with E-state index in [1.54, 1.807) is 18.2 Å². The number of hydrogen-bond donors (Lipinski definition) is 0. The molecule has 0 fully saturated rings. The van der Waals surface area contributed by atoms with Gasteiger partial charge in [0.2, 0.25) is 9.84 Å². The first-order valence-corrected chi connectivity index (χ1v) is 11.0. The molecule has 29 heavy (non-hydrogen) atoms. The summed E-state index contributed by atoms with van der Waals surface area (Å²) in [6, 6.07) is 20.0. The van der Waals surface area contributed by atoms with Crippen LogP contribution in [-0.4, -0.2) is 13.0 Å². The molecule has 1 aromatic heterocycles. The van der Waals surface area contributed by atoms with Gasteiger partial charge in [-0.25, -0.2) is 8.42 Å². The molecule has 0 saturated carbocycles. The van der Waals surface area contributed by atoms with Crippen molar-refractivity contribution in [2.24, 2.45) is 0 Å². The number of benzene rings is 2. The lowest BCUT2D eigenvalue weighted by Gasteiger charge is -2.16. The summed E-state index contributed by atoms with van der Waals surface area (Å²) >= 11 is 0. The summed E-state index contributed by atoms with van der Waals surface area (Å²) in [6.45, 7) is 8.20. The van der Waals surface area contributed by atoms with Crippen LogP contribution in [-0.2, 0) is 9.84 Å². The molecular formula is C24H24N2O2S. The normalized spacial score (nSPS) is 12.2. The van der Waals surface area contributed by atoms with Crippen molar-refractivity contribution in [3.05, 3.63) is 88.1 Å². The van der Waals surface area contributed by atoms with Crippen LogP contribution in [0.3, 0.4) is 0 Å². The monoisotopic (exact) mass is 404 g/mol. The fraction of sp³-hybridized carbons (Fsp3) is 0.208. The zero-order chi connectivity index (χ0) is 21.2. The highest BCUT2D eigenvalue weighted by Crippen LogP contribution is 2.30. The number of para-hydroxylation sites is 1. The van der Waals surface area contributed by atoms with Crippen molar-refractivity contribution in [2.45, 2.75) is 38.5 Å². The van der Waals surface area contributed by atoms with Gasteiger partial charge in [-0.15, -0.1) is 0 Å². The predicted molar refractivity (Wildman–Crippen MR) is 117 cm³/mol. The Bertz CT molecular complexity index is 1210. The van der Waals surface area contributed by atoms with E-state index >= 15 is 0 Å². The molecule has 0 aliphatic carbocycles. The minimum atomic E-state index is -3.87. The third-order valence-electron chi connectivity index (χ3n) is 5.00. The quantitative estimate of drug-likeness (QED) is 0.523. The highest BCUT2D eigenvalue weighted by atomic mass is 32.2. The van der Waals surface area contributed by atoms with E-state index in [4.69, 9.17) is 0 Å². The van der Waals surface area contributed by atoms with E-state index in [1.165, 1.54) is 18.2 Å². The molecule has 0 saturated heterocycles. The molecule has 0 radical (unpaired) electrons. The summed E-state index contributed by atoms with van der Waals surface area (Å²) in [6.07, 6.45) is 1.48. The fourth-order valence-electron chi connectivity index (χ4n) is 3.39. The molecule has 0 atom stereocenters. The Hall–Kier alpha value is -3.10. The lowest BCUT2D eigenvalue weighted by atomic mass is 10.1. The van der Waals surface area contributed by atoms with Crippen LogP contribution in [0.25, 0.3) is 11.8 Å². The van der Waals surface area contributed by atoms with Crippen LogP contribution in [0.5, 0.6) is 0 Å². The molecule has 0 aliphatic rings. The standard InChI is InChI=1S/C24H24N2O2S/c1-17(2)24-15-20(19(4)26(24)23-13-9-8-10-18(23)3)14-22(16-25)29(27,28)21-11-6-5-7-12-21/h5-15,17H,1-4H3/b22-14+. The third-order valence-corrected chi connectivity index (χ3v) is 6.68. The van der Waals surface area contributed by atoms with E-state index in [0.29, 0.717) is 0 Å². The average Bonchev–Trinajstić information content (AvgIpc) is 3.03. The predicted octanol–water partition coefficient (Wildman–Crippen LogP) is 5.56. The smallest absolute Gasteiger partial charge is 0.216 e. The molecule has 148 valence electrons. The van der Waals surface area contributed by atoms with Gasteiger partial charge in [-0.1, -0.05) is 50.2 Å². The van der Waals surface area contributed by atoms with Crippen molar-refractivity contribution < 1.29 is 8.42 Å². The van der Waals surface area contributed by atoms with Crippen LogP contribution in [0.2, 0.25) is 0 Å². The molecule has 0 amide bonds. The molecule has 0 bridgehead atoms. The van der Waals surface area contributed by atoms with E-state index in [1.807, 2.05) is 37.3 Å². The zero-order valence-corrected chi connectivity index (χ0v) is 17.9. The second-order valence-electron chi connectivity index (χ2n) is 7.32. The summed E-state index contributed by atoms with van der Waals surface area (Å²) in [4.78, 5) is -0.142. The highest BCUT2D eigenvalue weighted by molar-refractivity contribution is 7.95. The minimum Gasteiger partial charge on any atom is -0.317 e. The number of sulfone groups is 1. The van der Waals surface area contributed by atoms with Crippen molar-refractivity contribution in [2.75, 3.05) is 0 Å². The summed E-state index contributed by atoms with van der Waals surface area (Å²) in [5, 5.41) is 9.62. The molecule has 4 nitrogen and oxygen atoms in total. The Kier molecular flexibility index (Phi) is 5.76. The highest BCUT2D eigenvalue weighted by Gasteiger charge is 2.22. The molecule has 2 aromatic carbocycles. The van der Waals surface area contributed by atoms with E-state index in [-0.39, 0.29) is 15.7 Å². The van der Waals surface area contributed by atoms with Gasteiger partial charge in [0.25, 0.3) is 0 Å². The topological polar surface area (TPSA) is 62.9 Å². The molecule has 0 spiro atoms. The summed E-state index contributed by atoms with van der Waals surface area (Å²) in [5.41, 5.74) is 4.88. The SMILES string of the molecule is Cc1ccccc1-n1c(C(C)C)cc(/C=C(\C#N)S(=O)(=O)c2ccccc2)c1C.